The minimum Gasteiger partial charge on any atom is -0.398 e. The van der Waals surface area contributed by atoms with Crippen molar-refractivity contribution in [1.82, 2.24) is 0 Å². The third kappa shape index (κ3) is 3.79. The van der Waals surface area contributed by atoms with E-state index in [0.29, 0.717) is 32.2 Å². The quantitative estimate of drug-likeness (QED) is 0.470. The standard InChI is InChI=1S/C14H12Cl3N3/c1-8(13-7-9(15)2-3-14(13)18)19-20-12-5-10(16)4-11(17)6-12/h2-7,20H,18H2,1H3/b19-8+. The Morgan fingerprint density at radius 2 is 1.65 bits per heavy atom. The largest absolute Gasteiger partial charge is 0.398 e. The predicted molar refractivity (Wildman–Crippen MR) is 88.2 cm³/mol. The van der Waals surface area contributed by atoms with Crippen LogP contribution in [0.3, 0.4) is 0 Å². The normalized spacial score (nSPS) is 11.5. The fraction of sp³-hybridized carbons (Fsp3) is 0.0714. The van der Waals surface area contributed by atoms with E-state index in [0.717, 1.165) is 5.56 Å². The Labute approximate surface area is 132 Å². The fourth-order valence-electron chi connectivity index (χ4n) is 1.67. The van der Waals surface area contributed by atoms with Gasteiger partial charge in [0.2, 0.25) is 0 Å². The van der Waals surface area contributed by atoms with Gasteiger partial charge in [-0.25, -0.2) is 0 Å². The molecule has 0 amide bonds. The zero-order chi connectivity index (χ0) is 14.7. The monoisotopic (exact) mass is 327 g/mol. The molecule has 0 unspecified atom stereocenters. The van der Waals surface area contributed by atoms with Crippen molar-refractivity contribution in [1.29, 1.82) is 0 Å². The Kier molecular flexibility index (Phi) is 4.76. The van der Waals surface area contributed by atoms with Gasteiger partial charge in [-0.2, -0.15) is 5.10 Å². The zero-order valence-corrected chi connectivity index (χ0v) is 12.9. The topological polar surface area (TPSA) is 50.4 Å². The summed E-state index contributed by atoms with van der Waals surface area (Å²) in [5, 5.41) is 5.94. The van der Waals surface area contributed by atoms with E-state index in [1.165, 1.54) is 0 Å². The molecule has 0 fully saturated rings. The van der Waals surface area contributed by atoms with E-state index in [-0.39, 0.29) is 0 Å². The number of halogens is 3. The number of hydrogen-bond acceptors (Lipinski definition) is 3. The van der Waals surface area contributed by atoms with Crippen LogP contribution in [0.5, 0.6) is 0 Å². The second-order valence-corrected chi connectivity index (χ2v) is 5.51. The minimum absolute atomic E-state index is 0.537. The molecule has 0 spiro atoms. The highest BCUT2D eigenvalue weighted by Crippen LogP contribution is 2.23. The molecule has 0 aliphatic carbocycles. The van der Waals surface area contributed by atoms with E-state index in [9.17, 15) is 0 Å². The smallest absolute Gasteiger partial charge is 0.0669 e. The van der Waals surface area contributed by atoms with Crippen molar-refractivity contribution in [2.75, 3.05) is 11.2 Å². The van der Waals surface area contributed by atoms with Crippen LogP contribution in [0.15, 0.2) is 41.5 Å². The first kappa shape index (κ1) is 15.0. The van der Waals surface area contributed by atoms with Crippen LogP contribution in [0.2, 0.25) is 15.1 Å². The maximum Gasteiger partial charge on any atom is 0.0669 e. The van der Waals surface area contributed by atoms with Crippen molar-refractivity contribution < 1.29 is 0 Å². The molecular formula is C14H12Cl3N3. The summed E-state index contributed by atoms with van der Waals surface area (Å²) < 4.78 is 0. The van der Waals surface area contributed by atoms with E-state index >= 15 is 0 Å². The lowest BCUT2D eigenvalue weighted by Gasteiger charge is -2.07. The van der Waals surface area contributed by atoms with Crippen LogP contribution in [0, 0.1) is 0 Å². The molecule has 6 heteroatoms. The average Bonchev–Trinajstić information content (AvgIpc) is 2.38. The molecule has 3 nitrogen and oxygen atoms in total. The second kappa shape index (κ2) is 6.35. The van der Waals surface area contributed by atoms with Crippen molar-refractivity contribution in [2.45, 2.75) is 6.92 Å². The zero-order valence-electron chi connectivity index (χ0n) is 10.6. The second-order valence-electron chi connectivity index (χ2n) is 4.20. The summed E-state index contributed by atoms with van der Waals surface area (Å²) in [6, 6.07) is 10.4. The summed E-state index contributed by atoms with van der Waals surface area (Å²) in [7, 11) is 0. The van der Waals surface area contributed by atoms with E-state index in [2.05, 4.69) is 10.5 Å². The Morgan fingerprint density at radius 3 is 2.30 bits per heavy atom. The van der Waals surface area contributed by atoms with Gasteiger partial charge in [-0.3, -0.25) is 5.43 Å². The summed E-state index contributed by atoms with van der Waals surface area (Å²) in [6.45, 7) is 1.83. The van der Waals surface area contributed by atoms with Crippen molar-refractivity contribution in [3.05, 3.63) is 57.0 Å². The Balaban J connectivity index is 2.24. The van der Waals surface area contributed by atoms with Gasteiger partial charge in [0.25, 0.3) is 0 Å². The lowest BCUT2D eigenvalue weighted by atomic mass is 10.1. The fourth-order valence-corrected chi connectivity index (χ4v) is 2.37. The molecule has 104 valence electrons. The van der Waals surface area contributed by atoms with Crippen LogP contribution in [0.25, 0.3) is 0 Å². The molecular weight excluding hydrogens is 317 g/mol. The highest BCUT2D eigenvalue weighted by atomic mass is 35.5. The molecule has 0 heterocycles. The Morgan fingerprint density at radius 1 is 1.00 bits per heavy atom. The molecule has 0 atom stereocenters. The number of anilines is 2. The molecule has 20 heavy (non-hydrogen) atoms. The van der Waals surface area contributed by atoms with Crippen LogP contribution in [-0.4, -0.2) is 5.71 Å². The van der Waals surface area contributed by atoms with Crippen molar-refractivity contribution in [3.8, 4) is 0 Å². The number of benzene rings is 2. The first-order valence-electron chi connectivity index (χ1n) is 5.77. The molecule has 2 aromatic carbocycles. The SMILES string of the molecule is C/C(=N\Nc1cc(Cl)cc(Cl)c1)c1cc(Cl)ccc1N. The van der Waals surface area contributed by atoms with Crippen LogP contribution >= 0.6 is 34.8 Å². The predicted octanol–water partition coefficient (Wildman–Crippen LogP) is 5.07. The minimum atomic E-state index is 0.537. The van der Waals surface area contributed by atoms with Crippen LogP contribution in [-0.2, 0) is 0 Å². The lowest BCUT2D eigenvalue weighted by molar-refractivity contribution is 1.32. The average molecular weight is 329 g/mol. The summed E-state index contributed by atoms with van der Waals surface area (Å²) in [5.74, 6) is 0. The summed E-state index contributed by atoms with van der Waals surface area (Å²) >= 11 is 17.8. The maximum atomic E-state index is 5.95. The van der Waals surface area contributed by atoms with Gasteiger partial charge in [-0.15, -0.1) is 0 Å². The van der Waals surface area contributed by atoms with Gasteiger partial charge in [0.15, 0.2) is 0 Å². The highest BCUT2D eigenvalue weighted by molar-refractivity contribution is 6.35. The highest BCUT2D eigenvalue weighted by Gasteiger charge is 2.04. The number of hydrazone groups is 1. The van der Waals surface area contributed by atoms with Gasteiger partial charge in [-0.1, -0.05) is 34.8 Å². The van der Waals surface area contributed by atoms with Crippen LogP contribution in [0.4, 0.5) is 11.4 Å². The van der Waals surface area contributed by atoms with E-state index < -0.39 is 0 Å². The molecule has 0 radical (unpaired) electrons. The van der Waals surface area contributed by atoms with Crippen LogP contribution in [0.1, 0.15) is 12.5 Å². The number of nitrogens with zero attached hydrogens (tertiary/aromatic N) is 1. The first-order valence-corrected chi connectivity index (χ1v) is 6.91. The molecule has 0 bridgehead atoms. The van der Waals surface area contributed by atoms with Crippen molar-refractivity contribution in [3.63, 3.8) is 0 Å². The Bertz CT molecular complexity index is 648. The summed E-state index contributed by atoms with van der Waals surface area (Å²) in [4.78, 5) is 0. The third-order valence-corrected chi connectivity index (χ3v) is 3.29. The summed E-state index contributed by atoms with van der Waals surface area (Å²) in [5.41, 5.74) is 11.6. The number of hydrogen-bond donors (Lipinski definition) is 2. The van der Waals surface area contributed by atoms with Gasteiger partial charge < -0.3 is 5.73 Å². The van der Waals surface area contributed by atoms with Gasteiger partial charge in [0.05, 0.1) is 11.4 Å². The number of rotatable bonds is 3. The summed E-state index contributed by atoms with van der Waals surface area (Å²) in [6.07, 6.45) is 0. The number of nitrogens with one attached hydrogen (secondary N) is 1. The van der Waals surface area contributed by atoms with Crippen molar-refractivity contribution in [2.24, 2.45) is 5.10 Å². The van der Waals surface area contributed by atoms with Gasteiger partial charge in [0, 0.05) is 26.3 Å². The van der Waals surface area contributed by atoms with Gasteiger partial charge in [-0.05, 0) is 43.3 Å². The molecule has 0 aromatic heterocycles. The molecule has 2 rings (SSSR count). The Hall–Kier alpha value is -1.42. The maximum absolute atomic E-state index is 5.95. The first-order chi connectivity index (χ1) is 9.45. The molecule has 0 saturated carbocycles. The molecule has 0 aliphatic rings. The van der Waals surface area contributed by atoms with E-state index in [1.54, 1.807) is 36.4 Å². The molecule has 3 N–H and O–H groups in total. The third-order valence-electron chi connectivity index (χ3n) is 2.62. The number of nitrogens with two attached hydrogens (primary N) is 1. The van der Waals surface area contributed by atoms with Crippen molar-refractivity contribution >= 4 is 51.9 Å². The molecule has 0 saturated heterocycles. The van der Waals surface area contributed by atoms with Gasteiger partial charge in [0.1, 0.15) is 0 Å². The number of nitrogen functional groups attached to an aromatic ring is 1. The lowest BCUT2D eigenvalue weighted by Crippen LogP contribution is -2.03. The van der Waals surface area contributed by atoms with Crippen LogP contribution < -0.4 is 11.2 Å². The van der Waals surface area contributed by atoms with Gasteiger partial charge >= 0.3 is 0 Å². The molecule has 2 aromatic rings. The van der Waals surface area contributed by atoms with E-state index in [1.807, 2.05) is 6.92 Å². The molecule has 0 aliphatic heterocycles. The van der Waals surface area contributed by atoms with E-state index in [4.69, 9.17) is 40.5 Å².